The molecule has 1 unspecified atom stereocenters. The molecule has 0 spiro atoms. The predicted molar refractivity (Wildman–Crippen MR) is 112 cm³/mol. The Hall–Kier alpha value is -1.47. The van der Waals surface area contributed by atoms with Gasteiger partial charge >= 0.3 is 0 Å². The standard InChI is InChI=1S/C20H23Cl2NO4S/c1-26-15-6-8-19(27-2)16(13-15)18-4-3-9-23(18)10-11-28(24,25)20-12-14(21)5-7-17(20)22/h5-8,12-13,18H,3-4,9-11H2,1-2H3. The van der Waals surface area contributed by atoms with Crippen molar-refractivity contribution in [2.75, 3.05) is 33.1 Å². The molecule has 5 nitrogen and oxygen atoms in total. The van der Waals surface area contributed by atoms with Crippen LogP contribution in [0, 0.1) is 0 Å². The van der Waals surface area contributed by atoms with Crippen molar-refractivity contribution in [3.8, 4) is 11.5 Å². The zero-order valence-corrected chi connectivity index (χ0v) is 18.1. The quantitative estimate of drug-likeness (QED) is 0.624. The highest BCUT2D eigenvalue weighted by atomic mass is 35.5. The molecule has 1 aliphatic rings. The number of ether oxygens (including phenoxy) is 2. The summed E-state index contributed by atoms with van der Waals surface area (Å²) in [6.07, 6.45) is 1.92. The molecule has 0 bridgehead atoms. The lowest BCUT2D eigenvalue weighted by molar-refractivity contribution is 0.264. The maximum atomic E-state index is 12.8. The van der Waals surface area contributed by atoms with E-state index in [1.54, 1.807) is 20.3 Å². The Morgan fingerprint density at radius 1 is 1.11 bits per heavy atom. The fourth-order valence-electron chi connectivity index (χ4n) is 3.61. The van der Waals surface area contributed by atoms with E-state index in [0.29, 0.717) is 11.6 Å². The summed E-state index contributed by atoms with van der Waals surface area (Å²) in [5, 5.41) is 0.542. The van der Waals surface area contributed by atoms with Crippen LogP contribution in [0.5, 0.6) is 11.5 Å². The van der Waals surface area contributed by atoms with Crippen LogP contribution in [0.2, 0.25) is 10.0 Å². The van der Waals surface area contributed by atoms with Crippen LogP contribution in [0.25, 0.3) is 0 Å². The van der Waals surface area contributed by atoms with Gasteiger partial charge in [0.1, 0.15) is 11.5 Å². The number of methoxy groups -OCH3 is 2. The van der Waals surface area contributed by atoms with E-state index in [2.05, 4.69) is 4.90 Å². The molecule has 0 N–H and O–H groups in total. The third-order valence-corrected chi connectivity index (χ3v) is 7.44. The van der Waals surface area contributed by atoms with Crippen LogP contribution in [0.15, 0.2) is 41.3 Å². The first-order valence-electron chi connectivity index (χ1n) is 8.99. The van der Waals surface area contributed by atoms with Gasteiger partial charge in [-0.3, -0.25) is 4.90 Å². The molecule has 2 aromatic carbocycles. The van der Waals surface area contributed by atoms with Crippen LogP contribution in [0.1, 0.15) is 24.4 Å². The first kappa shape index (κ1) is 21.2. The summed E-state index contributed by atoms with van der Waals surface area (Å²) in [4.78, 5) is 2.25. The van der Waals surface area contributed by atoms with Crippen LogP contribution in [-0.4, -0.2) is 46.4 Å². The number of hydrogen-bond acceptors (Lipinski definition) is 5. The fraction of sp³-hybridized carbons (Fsp3) is 0.400. The molecule has 0 saturated carbocycles. The highest BCUT2D eigenvalue weighted by Crippen LogP contribution is 2.39. The number of nitrogens with zero attached hydrogens (tertiary/aromatic N) is 1. The Morgan fingerprint density at radius 3 is 2.61 bits per heavy atom. The van der Waals surface area contributed by atoms with Crippen molar-refractivity contribution in [3.63, 3.8) is 0 Å². The van der Waals surface area contributed by atoms with Gasteiger partial charge in [-0.2, -0.15) is 0 Å². The second-order valence-corrected chi connectivity index (χ2v) is 9.62. The van der Waals surface area contributed by atoms with Gasteiger partial charge in [0.2, 0.25) is 0 Å². The lowest BCUT2D eigenvalue weighted by atomic mass is 10.0. The molecule has 1 saturated heterocycles. The smallest absolute Gasteiger partial charge is 0.181 e. The van der Waals surface area contributed by atoms with Crippen LogP contribution >= 0.6 is 23.2 Å². The summed E-state index contributed by atoms with van der Waals surface area (Å²) < 4.78 is 36.5. The molecule has 8 heteroatoms. The maximum Gasteiger partial charge on any atom is 0.181 e. The Bertz CT molecular complexity index is 949. The minimum absolute atomic E-state index is 0.0319. The van der Waals surface area contributed by atoms with Gasteiger partial charge in [-0.15, -0.1) is 0 Å². The van der Waals surface area contributed by atoms with E-state index in [1.807, 2.05) is 18.2 Å². The van der Waals surface area contributed by atoms with E-state index in [0.717, 1.165) is 36.4 Å². The van der Waals surface area contributed by atoms with Crippen molar-refractivity contribution in [2.45, 2.75) is 23.8 Å². The second-order valence-electron chi connectivity index (χ2n) is 6.70. The molecule has 1 atom stereocenters. The average Bonchev–Trinajstić information content (AvgIpc) is 3.16. The Balaban J connectivity index is 1.80. The van der Waals surface area contributed by atoms with E-state index in [9.17, 15) is 8.42 Å². The van der Waals surface area contributed by atoms with Gasteiger partial charge in [0, 0.05) is 23.2 Å². The van der Waals surface area contributed by atoms with Crippen LogP contribution in [-0.2, 0) is 9.84 Å². The van der Waals surface area contributed by atoms with Crippen molar-refractivity contribution < 1.29 is 17.9 Å². The lowest BCUT2D eigenvalue weighted by Crippen LogP contribution is -2.29. The van der Waals surface area contributed by atoms with Gasteiger partial charge in [0.05, 0.1) is 29.9 Å². The van der Waals surface area contributed by atoms with Crippen molar-refractivity contribution in [1.29, 1.82) is 0 Å². The summed E-state index contributed by atoms with van der Waals surface area (Å²) in [6, 6.07) is 10.3. The third kappa shape index (κ3) is 4.57. The highest BCUT2D eigenvalue weighted by Gasteiger charge is 2.30. The Morgan fingerprint density at radius 2 is 1.89 bits per heavy atom. The van der Waals surface area contributed by atoms with Gasteiger partial charge < -0.3 is 9.47 Å². The first-order valence-corrected chi connectivity index (χ1v) is 11.4. The molecule has 1 heterocycles. The third-order valence-electron chi connectivity index (χ3n) is 5.04. The van der Waals surface area contributed by atoms with Crippen molar-refractivity contribution in [2.24, 2.45) is 0 Å². The van der Waals surface area contributed by atoms with E-state index >= 15 is 0 Å². The highest BCUT2D eigenvalue weighted by molar-refractivity contribution is 7.91. The normalized spacial score (nSPS) is 17.6. The maximum absolute atomic E-state index is 12.8. The first-order chi connectivity index (χ1) is 13.4. The van der Waals surface area contributed by atoms with Gasteiger partial charge in [0.25, 0.3) is 0 Å². The molecule has 3 rings (SSSR count). The van der Waals surface area contributed by atoms with Gasteiger partial charge in [-0.25, -0.2) is 8.42 Å². The average molecular weight is 444 g/mol. The number of sulfone groups is 1. The summed E-state index contributed by atoms with van der Waals surface area (Å²) in [5.74, 6) is 1.50. The number of likely N-dealkylation sites (tertiary alicyclic amines) is 1. The van der Waals surface area contributed by atoms with E-state index in [-0.39, 0.29) is 21.7 Å². The summed E-state index contributed by atoms with van der Waals surface area (Å²) >= 11 is 12.0. The van der Waals surface area contributed by atoms with Crippen LogP contribution < -0.4 is 9.47 Å². The molecule has 1 fully saturated rings. The zero-order valence-electron chi connectivity index (χ0n) is 15.8. The molecule has 0 radical (unpaired) electrons. The van der Waals surface area contributed by atoms with Gasteiger partial charge in [-0.1, -0.05) is 23.2 Å². The van der Waals surface area contributed by atoms with E-state index in [1.165, 1.54) is 12.1 Å². The zero-order chi connectivity index (χ0) is 20.3. The molecule has 1 aliphatic heterocycles. The number of hydrogen-bond donors (Lipinski definition) is 0. The van der Waals surface area contributed by atoms with Crippen molar-refractivity contribution in [1.82, 2.24) is 4.90 Å². The topological polar surface area (TPSA) is 55.8 Å². The van der Waals surface area contributed by atoms with Gasteiger partial charge in [0.15, 0.2) is 9.84 Å². The van der Waals surface area contributed by atoms with E-state index in [4.69, 9.17) is 32.7 Å². The van der Waals surface area contributed by atoms with Crippen molar-refractivity contribution in [3.05, 3.63) is 52.0 Å². The molecule has 152 valence electrons. The number of rotatable bonds is 7. The number of benzene rings is 2. The van der Waals surface area contributed by atoms with Gasteiger partial charge in [-0.05, 0) is 55.8 Å². The van der Waals surface area contributed by atoms with Crippen LogP contribution in [0.4, 0.5) is 0 Å². The summed E-state index contributed by atoms with van der Waals surface area (Å²) in [6.45, 7) is 1.22. The largest absolute Gasteiger partial charge is 0.497 e. The summed E-state index contributed by atoms with van der Waals surface area (Å²) in [5.41, 5.74) is 1.01. The van der Waals surface area contributed by atoms with Crippen molar-refractivity contribution >= 4 is 33.0 Å². The molecular weight excluding hydrogens is 421 g/mol. The van der Waals surface area contributed by atoms with E-state index < -0.39 is 9.84 Å². The molecule has 0 aromatic heterocycles. The minimum Gasteiger partial charge on any atom is -0.497 e. The summed E-state index contributed by atoms with van der Waals surface area (Å²) in [7, 11) is -0.290. The molecule has 2 aromatic rings. The SMILES string of the molecule is COc1ccc(OC)c(C2CCCN2CCS(=O)(=O)c2cc(Cl)ccc2Cl)c1. The Labute approximate surface area is 176 Å². The predicted octanol–water partition coefficient (Wildman–Crippen LogP) is 4.62. The second kappa shape index (κ2) is 8.91. The Kier molecular flexibility index (Phi) is 6.76. The molecule has 0 amide bonds. The molecule has 28 heavy (non-hydrogen) atoms. The monoisotopic (exact) mass is 443 g/mol. The fourth-order valence-corrected chi connectivity index (χ4v) is 5.68. The number of halogens is 2. The molecule has 0 aliphatic carbocycles. The molecular formula is C20H23Cl2NO4S. The minimum atomic E-state index is -3.55. The van der Waals surface area contributed by atoms with Crippen LogP contribution in [0.3, 0.4) is 0 Å². The lowest BCUT2D eigenvalue weighted by Gasteiger charge is -2.26.